The molecule has 3 heteroatoms. The van der Waals surface area contributed by atoms with E-state index in [1.165, 1.54) is 23.3 Å². The zero-order chi connectivity index (χ0) is 11.6. The van der Waals surface area contributed by atoms with Crippen molar-refractivity contribution in [2.75, 3.05) is 13.4 Å². The van der Waals surface area contributed by atoms with Crippen molar-refractivity contribution >= 4 is 11.8 Å². The van der Waals surface area contributed by atoms with Crippen LogP contribution in [0.1, 0.15) is 31.2 Å². The minimum absolute atomic E-state index is 0.121. The van der Waals surface area contributed by atoms with Crippen LogP contribution >= 0.6 is 11.8 Å². The molecule has 2 nitrogen and oxygen atoms in total. The molecule has 0 bridgehead atoms. The maximum absolute atomic E-state index is 6.43. The molecule has 0 radical (unpaired) electrons. The highest BCUT2D eigenvalue weighted by molar-refractivity contribution is 7.98. The van der Waals surface area contributed by atoms with Gasteiger partial charge in [-0.15, -0.1) is 11.8 Å². The molecule has 0 aliphatic heterocycles. The molecule has 1 aliphatic carbocycles. The number of ether oxygens (including phenoxy) is 1. The molecule has 1 saturated carbocycles. The van der Waals surface area contributed by atoms with Gasteiger partial charge in [0.1, 0.15) is 5.75 Å². The first-order valence-electron chi connectivity index (χ1n) is 5.71. The lowest BCUT2D eigenvalue weighted by Gasteiger charge is -2.25. The molecule has 16 heavy (non-hydrogen) atoms. The van der Waals surface area contributed by atoms with Crippen molar-refractivity contribution in [1.29, 1.82) is 0 Å². The largest absolute Gasteiger partial charge is 0.496 e. The molecule has 88 valence electrons. The Morgan fingerprint density at radius 3 is 2.56 bits per heavy atom. The van der Waals surface area contributed by atoms with Gasteiger partial charge in [0.15, 0.2) is 0 Å². The monoisotopic (exact) mass is 237 g/mol. The Kier molecular flexibility index (Phi) is 3.45. The fraction of sp³-hybridized carbons (Fsp3) is 0.538. The van der Waals surface area contributed by atoms with Gasteiger partial charge in [-0.1, -0.05) is 18.9 Å². The first-order valence-corrected chi connectivity index (χ1v) is 6.93. The van der Waals surface area contributed by atoms with Crippen LogP contribution in [0.4, 0.5) is 0 Å². The van der Waals surface area contributed by atoms with E-state index in [9.17, 15) is 0 Å². The first kappa shape index (κ1) is 11.8. The average molecular weight is 237 g/mol. The Labute approximate surface area is 102 Å². The molecule has 0 amide bonds. The van der Waals surface area contributed by atoms with Crippen molar-refractivity contribution in [3.63, 3.8) is 0 Å². The lowest BCUT2D eigenvalue weighted by atomic mass is 9.89. The number of hydrogen-bond acceptors (Lipinski definition) is 3. The predicted molar refractivity (Wildman–Crippen MR) is 69.1 cm³/mol. The average Bonchev–Trinajstić information content (AvgIpc) is 2.76. The SMILES string of the molecule is COc1cc(C2(N)CCCC2)ccc1SC. The molecule has 0 spiro atoms. The quantitative estimate of drug-likeness (QED) is 0.820. The molecular weight excluding hydrogens is 218 g/mol. The molecule has 0 heterocycles. The molecular formula is C13H19NOS. The summed E-state index contributed by atoms with van der Waals surface area (Å²) in [6.45, 7) is 0. The lowest BCUT2D eigenvalue weighted by molar-refractivity contribution is 0.399. The van der Waals surface area contributed by atoms with Crippen molar-refractivity contribution in [3.05, 3.63) is 23.8 Å². The van der Waals surface area contributed by atoms with Gasteiger partial charge in [0, 0.05) is 10.4 Å². The number of benzene rings is 1. The van der Waals surface area contributed by atoms with Crippen molar-refractivity contribution in [3.8, 4) is 5.75 Å². The normalized spacial score (nSPS) is 18.7. The Hall–Kier alpha value is -0.670. The van der Waals surface area contributed by atoms with E-state index in [1.54, 1.807) is 18.9 Å². The van der Waals surface area contributed by atoms with Crippen LogP contribution in [0.3, 0.4) is 0 Å². The minimum Gasteiger partial charge on any atom is -0.496 e. The van der Waals surface area contributed by atoms with Gasteiger partial charge in [0.2, 0.25) is 0 Å². The molecule has 0 aromatic heterocycles. The molecule has 0 unspecified atom stereocenters. The van der Waals surface area contributed by atoms with Gasteiger partial charge < -0.3 is 10.5 Å². The summed E-state index contributed by atoms with van der Waals surface area (Å²) in [5, 5.41) is 0. The molecule has 1 aliphatic rings. The van der Waals surface area contributed by atoms with Gasteiger partial charge in [-0.2, -0.15) is 0 Å². The Morgan fingerprint density at radius 2 is 2.00 bits per heavy atom. The standard InChI is InChI=1S/C13H19NOS/c1-15-11-9-10(5-6-12(11)16-2)13(14)7-3-4-8-13/h5-6,9H,3-4,7-8,14H2,1-2H3. The highest BCUT2D eigenvalue weighted by atomic mass is 32.2. The highest BCUT2D eigenvalue weighted by Crippen LogP contribution is 2.39. The van der Waals surface area contributed by atoms with Gasteiger partial charge in [0.25, 0.3) is 0 Å². The maximum Gasteiger partial charge on any atom is 0.132 e. The summed E-state index contributed by atoms with van der Waals surface area (Å²) in [7, 11) is 1.72. The number of methoxy groups -OCH3 is 1. The second kappa shape index (κ2) is 4.68. The smallest absolute Gasteiger partial charge is 0.132 e. The van der Waals surface area contributed by atoms with Gasteiger partial charge in [-0.3, -0.25) is 0 Å². The van der Waals surface area contributed by atoms with Gasteiger partial charge in [-0.05, 0) is 36.8 Å². The Bertz CT molecular complexity index is 372. The van der Waals surface area contributed by atoms with Crippen molar-refractivity contribution in [1.82, 2.24) is 0 Å². The van der Waals surface area contributed by atoms with Crippen LogP contribution in [0.25, 0.3) is 0 Å². The van der Waals surface area contributed by atoms with Crippen molar-refractivity contribution < 1.29 is 4.74 Å². The summed E-state index contributed by atoms with van der Waals surface area (Å²) in [5.41, 5.74) is 7.53. The Balaban J connectivity index is 2.35. The molecule has 2 N–H and O–H groups in total. The van der Waals surface area contributed by atoms with Crippen LogP contribution in [0.5, 0.6) is 5.75 Å². The van der Waals surface area contributed by atoms with Crippen LogP contribution in [0.15, 0.2) is 23.1 Å². The van der Waals surface area contributed by atoms with Crippen LogP contribution in [0, 0.1) is 0 Å². The summed E-state index contributed by atoms with van der Waals surface area (Å²) in [6, 6.07) is 6.38. The van der Waals surface area contributed by atoms with E-state index in [-0.39, 0.29) is 5.54 Å². The second-order valence-corrected chi connectivity index (χ2v) is 5.28. The summed E-state index contributed by atoms with van der Waals surface area (Å²) in [4.78, 5) is 1.17. The zero-order valence-electron chi connectivity index (χ0n) is 9.95. The number of hydrogen-bond donors (Lipinski definition) is 1. The van der Waals surface area contributed by atoms with Crippen LogP contribution < -0.4 is 10.5 Å². The molecule has 0 saturated heterocycles. The fourth-order valence-corrected chi connectivity index (χ4v) is 2.99. The third kappa shape index (κ3) is 2.06. The molecule has 2 rings (SSSR count). The molecule has 1 aromatic rings. The number of rotatable bonds is 3. The second-order valence-electron chi connectivity index (χ2n) is 4.43. The summed E-state index contributed by atoms with van der Waals surface area (Å²) >= 11 is 1.70. The van der Waals surface area contributed by atoms with E-state index >= 15 is 0 Å². The van der Waals surface area contributed by atoms with Crippen LogP contribution in [-0.2, 0) is 5.54 Å². The summed E-state index contributed by atoms with van der Waals surface area (Å²) < 4.78 is 5.41. The van der Waals surface area contributed by atoms with Gasteiger partial charge in [-0.25, -0.2) is 0 Å². The Morgan fingerprint density at radius 1 is 1.31 bits per heavy atom. The summed E-state index contributed by atoms with van der Waals surface area (Å²) in [5.74, 6) is 0.946. The minimum atomic E-state index is -0.121. The molecule has 0 atom stereocenters. The maximum atomic E-state index is 6.43. The van der Waals surface area contributed by atoms with E-state index in [0.29, 0.717) is 0 Å². The molecule has 1 aromatic carbocycles. The topological polar surface area (TPSA) is 35.2 Å². The number of nitrogens with two attached hydrogens (primary N) is 1. The van der Waals surface area contributed by atoms with E-state index in [4.69, 9.17) is 10.5 Å². The first-order chi connectivity index (χ1) is 7.69. The van der Waals surface area contributed by atoms with Crippen LogP contribution in [0.2, 0.25) is 0 Å². The van der Waals surface area contributed by atoms with Gasteiger partial charge in [0.05, 0.1) is 7.11 Å². The predicted octanol–water partition coefficient (Wildman–Crippen LogP) is 3.15. The summed E-state index contributed by atoms with van der Waals surface area (Å²) in [6.07, 6.45) is 6.72. The van der Waals surface area contributed by atoms with E-state index in [0.717, 1.165) is 18.6 Å². The molecule has 1 fully saturated rings. The van der Waals surface area contributed by atoms with Gasteiger partial charge >= 0.3 is 0 Å². The van der Waals surface area contributed by atoms with Crippen molar-refractivity contribution in [2.24, 2.45) is 5.73 Å². The zero-order valence-corrected chi connectivity index (χ0v) is 10.8. The number of thioether (sulfide) groups is 1. The lowest BCUT2D eigenvalue weighted by Crippen LogP contribution is -2.33. The third-order valence-corrected chi connectivity index (χ3v) is 4.23. The third-order valence-electron chi connectivity index (χ3n) is 3.45. The van der Waals surface area contributed by atoms with E-state index < -0.39 is 0 Å². The van der Waals surface area contributed by atoms with E-state index in [2.05, 4.69) is 24.5 Å². The van der Waals surface area contributed by atoms with E-state index in [1.807, 2.05) is 0 Å². The van der Waals surface area contributed by atoms with Crippen LogP contribution in [-0.4, -0.2) is 13.4 Å². The fourth-order valence-electron chi connectivity index (χ4n) is 2.44. The van der Waals surface area contributed by atoms with Crippen molar-refractivity contribution in [2.45, 2.75) is 36.1 Å². The highest BCUT2D eigenvalue weighted by Gasteiger charge is 2.31.